The highest BCUT2D eigenvalue weighted by Gasteiger charge is 2.16. The van der Waals surface area contributed by atoms with Crippen LogP contribution in [-0.2, 0) is 4.74 Å². The highest BCUT2D eigenvalue weighted by atomic mass is 79.9. The zero-order chi connectivity index (χ0) is 9.84. The standard InChI is InChI=1S/C8H8BrNO3/c1-12-5-3-4-10-7(9)6(5)8(11)13-2/h3-4H,1-2H3. The van der Waals surface area contributed by atoms with E-state index in [2.05, 4.69) is 25.7 Å². The van der Waals surface area contributed by atoms with Crippen LogP contribution in [0.15, 0.2) is 16.9 Å². The van der Waals surface area contributed by atoms with Crippen molar-refractivity contribution in [3.05, 3.63) is 22.4 Å². The van der Waals surface area contributed by atoms with Gasteiger partial charge in [-0.05, 0) is 22.0 Å². The van der Waals surface area contributed by atoms with Gasteiger partial charge in [0.25, 0.3) is 0 Å². The first kappa shape index (κ1) is 9.98. The van der Waals surface area contributed by atoms with Crippen LogP contribution in [0.3, 0.4) is 0 Å². The van der Waals surface area contributed by atoms with Crippen molar-refractivity contribution in [2.45, 2.75) is 0 Å². The Morgan fingerprint density at radius 1 is 1.54 bits per heavy atom. The van der Waals surface area contributed by atoms with Gasteiger partial charge in [0.15, 0.2) is 0 Å². The van der Waals surface area contributed by atoms with Gasteiger partial charge < -0.3 is 9.47 Å². The molecule has 0 bridgehead atoms. The van der Waals surface area contributed by atoms with Gasteiger partial charge >= 0.3 is 5.97 Å². The van der Waals surface area contributed by atoms with E-state index in [9.17, 15) is 4.79 Å². The summed E-state index contributed by atoms with van der Waals surface area (Å²) in [6.45, 7) is 0. The Hall–Kier alpha value is -1.10. The van der Waals surface area contributed by atoms with E-state index in [1.54, 1.807) is 6.07 Å². The van der Waals surface area contributed by atoms with Crippen LogP contribution in [-0.4, -0.2) is 25.2 Å². The van der Waals surface area contributed by atoms with Gasteiger partial charge in [-0.1, -0.05) is 0 Å². The van der Waals surface area contributed by atoms with E-state index in [1.165, 1.54) is 20.4 Å². The number of carbonyl (C=O) groups is 1. The summed E-state index contributed by atoms with van der Waals surface area (Å²) in [7, 11) is 2.79. The number of esters is 1. The third kappa shape index (κ3) is 1.98. The Morgan fingerprint density at radius 2 is 2.23 bits per heavy atom. The molecule has 0 fully saturated rings. The first-order chi connectivity index (χ1) is 6.20. The van der Waals surface area contributed by atoms with Crippen LogP contribution in [0.2, 0.25) is 0 Å². The minimum atomic E-state index is -0.475. The molecule has 13 heavy (non-hydrogen) atoms. The second kappa shape index (κ2) is 4.23. The van der Waals surface area contributed by atoms with Crippen molar-refractivity contribution in [2.24, 2.45) is 0 Å². The molecule has 0 saturated heterocycles. The summed E-state index contributed by atoms with van der Waals surface area (Å²) < 4.78 is 9.96. The van der Waals surface area contributed by atoms with Crippen molar-refractivity contribution in [2.75, 3.05) is 14.2 Å². The monoisotopic (exact) mass is 245 g/mol. The Kier molecular flexibility index (Phi) is 3.25. The van der Waals surface area contributed by atoms with Crippen LogP contribution in [0, 0.1) is 0 Å². The van der Waals surface area contributed by atoms with Crippen LogP contribution in [0.4, 0.5) is 0 Å². The number of hydrogen-bond acceptors (Lipinski definition) is 4. The molecule has 0 unspecified atom stereocenters. The number of methoxy groups -OCH3 is 2. The maximum absolute atomic E-state index is 11.2. The lowest BCUT2D eigenvalue weighted by Gasteiger charge is -2.06. The number of nitrogens with zero attached hydrogens (tertiary/aromatic N) is 1. The third-order valence-electron chi connectivity index (χ3n) is 1.48. The molecule has 0 spiro atoms. The summed E-state index contributed by atoms with van der Waals surface area (Å²) in [5.41, 5.74) is 0.299. The third-order valence-corrected chi connectivity index (χ3v) is 2.08. The van der Waals surface area contributed by atoms with Gasteiger partial charge in [0, 0.05) is 6.20 Å². The predicted molar refractivity (Wildman–Crippen MR) is 49.8 cm³/mol. The lowest BCUT2D eigenvalue weighted by atomic mass is 10.2. The van der Waals surface area contributed by atoms with Crippen molar-refractivity contribution in [1.82, 2.24) is 4.98 Å². The first-order valence-electron chi connectivity index (χ1n) is 3.47. The highest BCUT2D eigenvalue weighted by molar-refractivity contribution is 9.10. The zero-order valence-electron chi connectivity index (χ0n) is 7.20. The first-order valence-corrected chi connectivity index (χ1v) is 4.26. The Labute approximate surface area is 84.0 Å². The molecule has 1 aromatic rings. The van der Waals surface area contributed by atoms with E-state index in [4.69, 9.17) is 4.74 Å². The summed E-state index contributed by atoms with van der Waals surface area (Å²) in [6, 6.07) is 1.59. The SMILES string of the molecule is COC(=O)c1c(OC)ccnc1Br. The van der Waals surface area contributed by atoms with Crippen molar-refractivity contribution < 1.29 is 14.3 Å². The average molecular weight is 246 g/mol. The van der Waals surface area contributed by atoms with E-state index in [-0.39, 0.29) is 0 Å². The number of pyridine rings is 1. The van der Waals surface area contributed by atoms with Crippen LogP contribution in [0.5, 0.6) is 5.75 Å². The van der Waals surface area contributed by atoms with Gasteiger partial charge in [-0.25, -0.2) is 9.78 Å². The quantitative estimate of drug-likeness (QED) is 0.587. The molecule has 0 aliphatic rings. The van der Waals surface area contributed by atoms with Crippen LogP contribution in [0.25, 0.3) is 0 Å². The fourth-order valence-electron chi connectivity index (χ4n) is 0.877. The maximum Gasteiger partial charge on any atom is 0.344 e. The fraction of sp³-hybridized carbons (Fsp3) is 0.250. The second-order valence-electron chi connectivity index (χ2n) is 2.17. The number of halogens is 1. The molecule has 0 N–H and O–H groups in total. The van der Waals surface area contributed by atoms with Crippen LogP contribution in [0.1, 0.15) is 10.4 Å². The van der Waals surface area contributed by atoms with Crippen molar-refractivity contribution in [3.63, 3.8) is 0 Å². The Bertz CT molecular complexity index is 327. The van der Waals surface area contributed by atoms with E-state index in [1.807, 2.05) is 0 Å². The Balaban J connectivity index is 3.22. The Morgan fingerprint density at radius 3 is 2.77 bits per heavy atom. The second-order valence-corrected chi connectivity index (χ2v) is 2.92. The van der Waals surface area contributed by atoms with Crippen molar-refractivity contribution in [1.29, 1.82) is 0 Å². The average Bonchev–Trinajstić information content (AvgIpc) is 2.16. The van der Waals surface area contributed by atoms with Gasteiger partial charge in [-0.2, -0.15) is 0 Å². The summed E-state index contributed by atoms with van der Waals surface area (Å²) in [5, 5.41) is 0. The molecule has 4 nitrogen and oxygen atoms in total. The predicted octanol–water partition coefficient (Wildman–Crippen LogP) is 1.64. The molecule has 0 aliphatic heterocycles. The van der Waals surface area contributed by atoms with Gasteiger partial charge in [0.05, 0.1) is 14.2 Å². The summed E-state index contributed by atoms with van der Waals surface area (Å²) in [5.74, 6) is -0.0365. The minimum absolute atomic E-state index is 0.299. The van der Waals surface area contributed by atoms with Gasteiger partial charge in [0.1, 0.15) is 15.9 Å². The number of aromatic nitrogens is 1. The molecule has 0 saturated carbocycles. The van der Waals surface area contributed by atoms with E-state index in [0.717, 1.165) is 0 Å². The number of ether oxygens (including phenoxy) is 2. The molecule has 0 atom stereocenters. The van der Waals surface area contributed by atoms with E-state index < -0.39 is 5.97 Å². The van der Waals surface area contributed by atoms with Gasteiger partial charge in [-0.3, -0.25) is 0 Å². The van der Waals surface area contributed by atoms with E-state index in [0.29, 0.717) is 15.9 Å². The molecule has 0 amide bonds. The number of rotatable bonds is 2. The summed E-state index contributed by atoms with van der Waals surface area (Å²) >= 11 is 3.14. The van der Waals surface area contributed by atoms with Crippen molar-refractivity contribution in [3.8, 4) is 5.75 Å². The van der Waals surface area contributed by atoms with Gasteiger partial charge in [0.2, 0.25) is 0 Å². The molecular formula is C8H8BrNO3. The van der Waals surface area contributed by atoms with Crippen LogP contribution < -0.4 is 4.74 Å². The number of carbonyl (C=O) groups excluding carboxylic acids is 1. The molecule has 0 radical (unpaired) electrons. The fourth-order valence-corrected chi connectivity index (χ4v) is 1.35. The molecule has 1 heterocycles. The molecular weight excluding hydrogens is 238 g/mol. The highest BCUT2D eigenvalue weighted by Crippen LogP contribution is 2.24. The molecule has 0 aliphatic carbocycles. The largest absolute Gasteiger partial charge is 0.496 e. The lowest BCUT2D eigenvalue weighted by molar-refractivity contribution is 0.0595. The lowest BCUT2D eigenvalue weighted by Crippen LogP contribution is -2.06. The van der Waals surface area contributed by atoms with Crippen LogP contribution >= 0.6 is 15.9 Å². The minimum Gasteiger partial charge on any atom is -0.496 e. The smallest absolute Gasteiger partial charge is 0.344 e. The zero-order valence-corrected chi connectivity index (χ0v) is 8.79. The molecule has 70 valence electrons. The molecule has 1 aromatic heterocycles. The van der Waals surface area contributed by atoms with Gasteiger partial charge in [-0.15, -0.1) is 0 Å². The maximum atomic E-state index is 11.2. The van der Waals surface area contributed by atoms with E-state index >= 15 is 0 Å². The molecule has 5 heteroatoms. The normalized spacial score (nSPS) is 9.46. The molecule has 0 aromatic carbocycles. The van der Waals surface area contributed by atoms with Crippen molar-refractivity contribution >= 4 is 21.9 Å². The summed E-state index contributed by atoms with van der Waals surface area (Å²) in [6.07, 6.45) is 1.54. The number of hydrogen-bond donors (Lipinski definition) is 0. The topological polar surface area (TPSA) is 48.4 Å². The summed E-state index contributed by atoms with van der Waals surface area (Å²) in [4.78, 5) is 15.1. The molecule has 1 rings (SSSR count).